The van der Waals surface area contributed by atoms with Crippen LogP contribution in [0.25, 0.3) is 0 Å². The van der Waals surface area contributed by atoms with Crippen molar-refractivity contribution in [3.8, 4) is 0 Å². The number of hydrogen-bond donors (Lipinski definition) is 0. The molecule has 0 atom stereocenters. The molecule has 1 aromatic rings. The highest BCUT2D eigenvalue weighted by Gasteiger charge is 2.15. The monoisotopic (exact) mass is 388 g/mol. The van der Waals surface area contributed by atoms with E-state index in [1.165, 1.54) is 115 Å². The van der Waals surface area contributed by atoms with E-state index in [9.17, 15) is 0 Å². The molecule has 0 spiro atoms. The van der Waals surface area contributed by atoms with Crippen LogP contribution in [0.3, 0.4) is 0 Å². The molecule has 28 heavy (non-hydrogen) atoms. The molecular weight excluding hydrogens is 340 g/mol. The van der Waals surface area contributed by atoms with Gasteiger partial charge in [-0.2, -0.15) is 0 Å². The second-order valence-corrected chi connectivity index (χ2v) is 8.29. The molecule has 0 radical (unpaired) electrons. The zero-order chi connectivity index (χ0) is 20.5. The number of anilines is 2. The third-order valence-corrected chi connectivity index (χ3v) is 5.69. The Bertz CT molecular complexity index is 408. The lowest BCUT2D eigenvalue weighted by molar-refractivity contribution is 0.624. The molecule has 0 aliphatic heterocycles. The maximum Gasteiger partial charge on any atom is 0.0604 e. The minimum absolute atomic E-state index is 1.20. The summed E-state index contributed by atoms with van der Waals surface area (Å²) in [5.74, 6) is 0. The van der Waals surface area contributed by atoms with Crippen LogP contribution in [0, 0.1) is 0 Å². The maximum absolute atomic E-state index is 2.69. The first-order valence-corrected chi connectivity index (χ1v) is 12.4. The van der Waals surface area contributed by atoms with Crippen molar-refractivity contribution in [3.63, 3.8) is 0 Å². The van der Waals surface area contributed by atoms with Crippen molar-refractivity contribution in [3.05, 3.63) is 24.3 Å². The van der Waals surface area contributed by atoms with E-state index in [1.54, 1.807) is 0 Å². The Hall–Kier alpha value is -1.18. The Morgan fingerprint density at radius 1 is 0.464 bits per heavy atom. The van der Waals surface area contributed by atoms with Crippen molar-refractivity contribution >= 4 is 11.4 Å². The predicted octanol–water partition coefficient (Wildman–Crippen LogP) is 8.06. The molecule has 2 heteroatoms. The van der Waals surface area contributed by atoms with E-state index in [0.29, 0.717) is 0 Å². The van der Waals surface area contributed by atoms with E-state index >= 15 is 0 Å². The van der Waals surface area contributed by atoms with Gasteiger partial charge >= 0.3 is 0 Å². The van der Waals surface area contributed by atoms with Gasteiger partial charge in [0.1, 0.15) is 0 Å². The summed E-state index contributed by atoms with van der Waals surface area (Å²) in [5, 5.41) is 0. The molecule has 0 aliphatic rings. The number of benzene rings is 1. The van der Waals surface area contributed by atoms with Crippen LogP contribution < -0.4 is 9.80 Å². The molecule has 0 fully saturated rings. The van der Waals surface area contributed by atoms with E-state index in [0.717, 1.165) is 0 Å². The van der Waals surface area contributed by atoms with Crippen LogP contribution >= 0.6 is 0 Å². The number of rotatable bonds is 18. The molecule has 0 saturated carbocycles. The van der Waals surface area contributed by atoms with E-state index < -0.39 is 0 Å². The first-order chi connectivity index (χ1) is 13.8. The molecule has 1 aromatic carbocycles. The topological polar surface area (TPSA) is 6.48 Å². The predicted molar refractivity (Wildman–Crippen MR) is 129 cm³/mol. The quantitative estimate of drug-likeness (QED) is 0.235. The fourth-order valence-corrected chi connectivity index (χ4v) is 3.92. The molecule has 0 amide bonds. The molecule has 0 unspecified atom stereocenters. The molecule has 0 bridgehead atoms. The molecule has 0 heterocycles. The van der Waals surface area contributed by atoms with Crippen molar-refractivity contribution in [2.45, 2.75) is 105 Å². The van der Waals surface area contributed by atoms with Crippen LogP contribution in [0.4, 0.5) is 11.4 Å². The number of nitrogens with zero attached hydrogens (tertiary/aromatic N) is 2. The van der Waals surface area contributed by atoms with Gasteiger partial charge < -0.3 is 9.80 Å². The fourth-order valence-electron chi connectivity index (χ4n) is 3.92. The normalized spacial score (nSPS) is 11.0. The molecule has 2 nitrogen and oxygen atoms in total. The molecule has 0 saturated heterocycles. The average molecular weight is 389 g/mol. The maximum atomic E-state index is 2.69. The van der Waals surface area contributed by atoms with Crippen molar-refractivity contribution in [2.24, 2.45) is 0 Å². The summed E-state index contributed by atoms with van der Waals surface area (Å²) >= 11 is 0. The summed E-state index contributed by atoms with van der Waals surface area (Å²) in [5.41, 5.74) is 2.95. The van der Waals surface area contributed by atoms with Gasteiger partial charge in [0.2, 0.25) is 0 Å². The average Bonchev–Trinajstić information content (AvgIpc) is 2.72. The second kappa shape index (κ2) is 16.7. The summed E-state index contributed by atoms with van der Waals surface area (Å²) in [6.07, 6.45) is 15.8. The first-order valence-electron chi connectivity index (χ1n) is 12.4. The molecular formula is C26H48N2. The number of hydrogen-bond acceptors (Lipinski definition) is 2. The van der Waals surface area contributed by atoms with Crippen LogP contribution in [0.15, 0.2) is 24.3 Å². The summed E-state index contributed by atoms with van der Waals surface area (Å²) < 4.78 is 0. The molecule has 0 aromatic heterocycles. The minimum atomic E-state index is 1.20. The van der Waals surface area contributed by atoms with Gasteiger partial charge in [0.05, 0.1) is 11.4 Å². The van der Waals surface area contributed by atoms with E-state index in [4.69, 9.17) is 0 Å². The van der Waals surface area contributed by atoms with Crippen LogP contribution in [-0.2, 0) is 0 Å². The lowest BCUT2D eigenvalue weighted by Gasteiger charge is -2.33. The second-order valence-electron chi connectivity index (χ2n) is 8.29. The molecule has 0 aliphatic carbocycles. The Labute approximate surface area is 176 Å². The van der Waals surface area contributed by atoms with E-state index in [2.05, 4.69) is 61.8 Å². The Morgan fingerprint density at radius 3 is 1.00 bits per heavy atom. The summed E-state index contributed by atoms with van der Waals surface area (Å²) in [6, 6.07) is 9.23. The van der Waals surface area contributed by atoms with Gasteiger partial charge in [-0.05, 0) is 37.8 Å². The highest BCUT2D eigenvalue weighted by Crippen LogP contribution is 2.31. The van der Waals surface area contributed by atoms with E-state index in [1.807, 2.05) is 0 Å². The number of unbranched alkanes of at least 4 members (excludes halogenated alkanes) is 8. The Balaban J connectivity index is 2.98. The van der Waals surface area contributed by atoms with Gasteiger partial charge in [0.15, 0.2) is 0 Å². The van der Waals surface area contributed by atoms with Crippen LogP contribution in [-0.4, -0.2) is 26.2 Å². The summed E-state index contributed by atoms with van der Waals surface area (Å²) in [7, 11) is 0. The van der Waals surface area contributed by atoms with Crippen molar-refractivity contribution in [2.75, 3.05) is 36.0 Å². The van der Waals surface area contributed by atoms with Crippen LogP contribution in [0.2, 0.25) is 0 Å². The van der Waals surface area contributed by atoms with Crippen LogP contribution in [0.1, 0.15) is 105 Å². The standard InChI is InChI=1S/C26H48N2/c1-5-9-15-21-27(22-16-10-6-2)25-19-13-14-20-26(25)28(23-17-11-7-3)24-18-12-8-4/h13-14,19-20H,5-12,15-18,21-24H2,1-4H3. The van der Waals surface area contributed by atoms with Gasteiger partial charge in [0, 0.05) is 26.2 Å². The van der Waals surface area contributed by atoms with Gasteiger partial charge in [0.25, 0.3) is 0 Å². The SMILES string of the molecule is CCCCCN(CCCCC)c1ccccc1N(CCCCC)CCCCC. The fraction of sp³-hybridized carbons (Fsp3) is 0.769. The lowest BCUT2D eigenvalue weighted by Crippen LogP contribution is -2.31. The smallest absolute Gasteiger partial charge is 0.0604 e. The third-order valence-electron chi connectivity index (χ3n) is 5.69. The lowest BCUT2D eigenvalue weighted by atomic mass is 10.1. The third kappa shape index (κ3) is 9.85. The van der Waals surface area contributed by atoms with Gasteiger partial charge in [-0.3, -0.25) is 0 Å². The molecule has 0 N–H and O–H groups in total. The van der Waals surface area contributed by atoms with E-state index in [-0.39, 0.29) is 0 Å². The summed E-state index contributed by atoms with van der Waals surface area (Å²) in [6.45, 7) is 14.0. The molecule has 162 valence electrons. The van der Waals surface area contributed by atoms with Gasteiger partial charge in [-0.25, -0.2) is 0 Å². The first kappa shape index (κ1) is 24.9. The largest absolute Gasteiger partial charge is 0.370 e. The van der Waals surface area contributed by atoms with Gasteiger partial charge in [-0.15, -0.1) is 0 Å². The van der Waals surface area contributed by atoms with Crippen molar-refractivity contribution in [1.29, 1.82) is 0 Å². The van der Waals surface area contributed by atoms with Crippen molar-refractivity contribution in [1.82, 2.24) is 0 Å². The Kier molecular flexibility index (Phi) is 14.9. The summed E-state index contributed by atoms with van der Waals surface area (Å²) in [4.78, 5) is 5.38. The highest BCUT2D eigenvalue weighted by molar-refractivity contribution is 5.71. The zero-order valence-corrected chi connectivity index (χ0v) is 19.5. The minimum Gasteiger partial charge on any atom is -0.370 e. The zero-order valence-electron chi connectivity index (χ0n) is 19.5. The molecule has 1 rings (SSSR count). The van der Waals surface area contributed by atoms with Crippen LogP contribution in [0.5, 0.6) is 0 Å². The van der Waals surface area contributed by atoms with Crippen molar-refractivity contribution < 1.29 is 0 Å². The van der Waals surface area contributed by atoms with Gasteiger partial charge in [-0.1, -0.05) is 91.2 Å². The highest BCUT2D eigenvalue weighted by atomic mass is 15.2. The Morgan fingerprint density at radius 2 is 0.750 bits per heavy atom. The number of para-hydroxylation sites is 2.